The fraction of sp³-hybridized carbons (Fsp3) is 0.417. The summed E-state index contributed by atoms with van der Waals surface area (Å²) < 4.78 is 30.9. The van der Waals surface area contributed by atoms with Crippen molar-refractivity contribution >= 4 is 33.3 Å². The molecule has 23 heavy (non-hydrogen) atoms. The van der Waals surface area contributed by atoms with Crippen LogP contribution < -0.4 is 0 Å². The van der Waals surface area contributed by atoms with Gasteiger partial charge in [0.05, 0.1) is 17.1 Å². The number of nitro benzene ring substituents is 1. The van der Waals surface area contributed by atoms with E-state index in [4.69, 9.17) is 11.6 Å². The minimum absolute atomic E-state index is 0.0144. The van der Waals surface area contributed by atoms with Crippen molar-refractivity contribution in [2.45, 2.75) is 23.8 Å². The molecular formula is C12H13ClN2O7S. The van der Waals surface area contributed by atoms with Crippen molar-refractivity contribution in [3.8, 4) is 5.75 Å². The third-order valence-corrected chi connectivity index (χ3v) is 5.91. The molecule has 0 radical (unpaired) electrons. The Kier molecular flexibility index (Phi) is 4.78. The van der Waals surface area contributed by atoms with Crippen LogP contribution in [0.5, 0.6) is 5.75 Å². The van der Waals surface area contributed by atoms with Gasteiger partial charge in [0, 0.05) is 12.6 Å². The Morgan fingerprint density at radius 2 is 2.17 bits per heavy atom. The number of hydrogen-bond donors (Lipinski definition) is 1. The second-order valence-corrected chi connectivity index (χ2v) is 7.03. The molecule has 1 heterocycles. The number of sulfonamides is 1. The van der Waals surface area contributed by atoms with Crippen LogP contribution in [0.15, 0.2) is 17.0 Å². The number of nitro groups is 1. The van der Waals surface area contributed by atoms with Gasteiger partial charge in [0.25, 0.3) is 0 Å². The summed E-state index contributed by atoms with van der Waals surface area (Å²) in [6.07, 6.45) is 0.658. The normalized spacial score (nSPS) is 18.8. The number of aromatic hydroxyl groups is 1. The number of hydrogen-bond acceptors (Lipinski definition) is 7. The molecule has 0 aromatic heterocycles. The van der Waals surface area contributed by atoms with Crippen LogP contribution >= 0.6 is 11.6 Å². The molecule has 9 nitrogen and oxygen atoms in total. The van der Waals surface area contributed by atoms with Crippen molar-refractivity contribution in [1.82, 2.24) is 4.31 Å². The van der Waals surface area contributed by atoms with Gasteiger partial charge < -0.3 is 9.84 Å². The van der Waals surface area contributed by atoms with Gasteiger partial charge in [-0.3, -0.25) is 14.9 Å². The van der Waals surface area contributed by atoms with Gasteiger partial charge in [-0.05, 0) is 18.9 Å². The first-order valence-electron chi connectivity index (χ1n) is 6.47. The highest BCUT2D eigenvalue weighted by Gasteiger charge is 2.43. The van der Waals surface area contributed by atoms with Crippen molar-refractivity contribution in [3.05, 3.63) is 27.3 Å². The smallest absolute Gasteiger partial charge is 0.324 e. The predicted octanol–water partition coefficient (Wildman–Crippen LogP) is 1.28. The number of ether oxygens (including phenoxy) is 1. The zero-order valence-electron chi connectivity index (χ0n) is 11.9. The zero-order chi connectivity index (χ0) is 17.4. The first-order chi connectivity index (χ1) is 10.7. The molecular weight excluding hydrogens is 352 g/mol. The number of rotatable bonds is 4. The molecule has 0 saturated carbocycles. The number of halogens is 1. The molecule has 1 N–H and O–H groups in total. The zero-order valence-corrected chi connectivity index (χ0v) is 13.5. The minimum atomic E-state index is -4.41. The van der Waals surface area contributed by atoms with Crippen LogP contribution in [0, 0.1) is 10.1 Å². The molecule has 0 aliphatic carbocycles. The summed E-state index contributed by atoms with van der Waals surface area (Å²) in [6, 6.07) is 0.855. The molecule has 1 aliphatic heterocycles. The molecule has 126 valence electrons. The van der Waals surface area contributed by atoms with E-state index >= 15 is 0 Å². The predicted molar refractivity (Wildman–Crippen MR) is 78.7 cm³/mol. The van der Waals surface area contributed by atoms with Crippen LogP contribution in [-0.2, 0) is 19.6 Å². The van der Waals surface area contributed by atoms with Crippen LogP contribution in [-0.4, -0.2) is 48.4 Å². The number of benzene rings is 1. The lowest BCUT2D eigenvalue weighted by atomic mass is 10.2. The SMILES string of the molecule is COC(=O)[C@@H]1CCCN1S(=O)(=O)c1c(Cl)ccc([N+](=O)[O-])c1O. The van der Waals surface area contributed by atoms with Gasteiger partial charge in [0.1, 0.15) is 10.9 Å². The van der Waals surface area contributed by atoms with Crippen LogP contribution in [0.4, 0.5) is 5.69 Å². The highest BCUT2D eigenvalue weighted by Crippen LogP contribution is 2.41. The van der Waals surface area contributed by atoms with Crippen LogP contribution in [0.25, 0.3) is 0 Å². The summed E-state index contributed by atoms with van der Waals surface area (Å²) in [5, 5.41) is 20.5. The van der Waals surface area contributed by atoms with Crippen molar-refractivity contribution < 1.29 is 28.0 Å². The van der Waals surface area contributed by atoms with E-state index in [0.717, 1.165) is 23.5 Å². The third kappa shape index (κ3) is 2.96. The number of nitrogens with zero attached hydrogens (tertiary/aromatic N) is 2. The number of carbonyl (C=O) groups excluding carboxylic acids is 1. The van der Waals surface area contributed by atoms with E-state index in [1.54, 1.807) is 0 Å². The maximum Gasteiger partial charge on any atom is 0.324 e. The second-order valence-electron chi connectivity index (χ2n) is 4.80. The molecule has 1 atom stereocenters. The Labute approximate surface area is 136 Å². The van der Waals surface area contributed by atoms with Crippen LogP contribution in [0.2, 0.25) is 5.02 Å². The van der Waals surface area contributed by atoms with Gasteiger partial charge in [0.2, 0.25) is 15.8 Å². The Morgan fingerprint density at radius 1 is 1.52 bits per heavy atom. The Bertz CT molecular complexity index is 765. The monoisotopic (exact) mass is 364 g/mol. The lowest BCUT2D eigenvalue weighted by Gasteiger charge is -2.22. The highest BCUT2D eigenvalue weighted by molar-refractivity contribution is 7.89. The van der Waals surface area contributed by atoms with E-state index in [1.807, 2.05) is 0 Å². The highest BCUT2D eigenvalue weighted by atomic mass is 35.5. The molecule has 1 aromatic rings. The fourth-order valence-electron chi connectivity index (χ4n) is 2.45. The van der Waals surface area contributed by atoms with Gasteiger partial charge in [-0.1, -0.05) is 11.6 Å². The number of phenolic OH excluding ortho intramolecular Hbond substituents is 1. The first kappa shape index (κ1) is 17.4. The minimum Gasteiger partial charge on any atom is -0.501 e. The first-order valence-corrected chi connectivity index (χ1v) is 8.29. The van der Waals surface area contributed by atoms with E-state index < -0.39 is 43.3 Å². The molecule has 11 heteroatoms. The standard InChI is InChI=1S/C12H13ClN2O7S/c1-22-12(17)9-3-2-6-14(9)23(20,21)11-7(13)4-5-8(10(11)16)15(18)19/h4-5,9,16H,2-3,6H2,1H3/t9-/m0/s1. The van der Waals surface area contributed by atoms with E-state index in [9.17, 15) is 28.4 Å². The van der Waals surface area contributed by atoms with E-state index in [-0.39, 0.29) is 18.0 Å². The number of carbonyl (C=O) groups is 1. The Balaban J connectivity index is 2.58. The van der Waals surface area contributed by atoms with E-state index in [0.29, 0.717) is 6.42 Å². The quantitative estimate of drug-likeness (QED) is 0.484. The largest absolute Gasteiger partial charge is 0.501 e. The third-order valence-electron chi connectivity index (χ3n) is 3.50. The maximum absolute atomic E-state index is 12.7. The molecule has 2 rings (SSSR count). The number of methoxy groups -OCH3 is 1. The van der Waals surface area contributed by atoms with Crippen molar-refractivity contribution in [1.29, 1.82) is 0 Å². The summed E-state index contributed by atoms with van der Waals surface area (Å²) in [7, 11) is -3.29. The molecule has 0 amide bonds. The molecule has 0 bridgehead atoms. The number of phenols is 1. The molecule has 1 fully saturated rings. The van der Waals surface area contributed by atoms with Gasteiger partial charge in [-0.15, -0.1) is 0 Å². The van der Waals surface area contributed by atoms with Crippen LogP contribution in [0.3, 0.4) is 0 Å². The lowest BCUT2D eigenvalue weighted by Crippen LogP contribution is -2.41. The second kappa shape index (κ2) is 6.30. The molecule has 0 spiro atoms. The van der Waals surface area contributed by atoms with E-state index in [1.165, 1.54) is 0 Å². The van der Waals surface area contributed by atoms with Gasteiger partial charge in [-0.25, -0.2) is 8.42 Å². The topological polar surface area (TPSA) is 127 Å². The summed E-state index contributed by atoms with van der Waals surface area (Å²) >= 11 is 5.83. The van der Waals surface area contributed by atoms with Gasteiger partial charge >= 0.3 is 11.7 Å². The summed E-state index contributed by atoms with van der Waals surface area (Å²) in [5.41, 5.74) is -0.790. The van der Waals surface area contributed by atoms with Crippen molar-refractivity contribution in [3.63, 3.8) is 0 Å². The average Bonchev–Trinajstić information content (AvgIpc) is 2.96. The number of esters is 1. The molecule has 1 saturated heterocycles. The summed E-state index contributed by atoms with van der Waals surface area (Å²) in [6.45, 7) is 0.0144. The molecule has 1 aromatic carbocycles. The Morgan fingerprint density at radius 3 is 2.74 bits per heavy atom. The van der Waals surface area contributed by atoms with Crippen LogP contribution in [0.1, 0.15) is 12.8 Å². The van der Waals surface area contributed by atoms with Gasteiger partial charge in [0.15, 0.2) is 0 Å². The maximum atomic E-state index is 12.7. The lowest BCUT2D eigenvalue weighted by molar-refractivity contribution is -0.386. The Hall–Kier alpha value is -1.91. The molecule has 1 aliphatic rings. The van der Waals surface area contributed by atoms with Gasteiger partial charge in [-0.2, -0.15) is 4.31 Å². The summed E-state index contributed by atoms with van der Waals surface area (Å²) in [5.74, 6) is -1.80. The molecule has 0 unspecified atom stereocenters. The van der Waals surface area contributed by atoms with Crippen molar-refractivity contribution in [2.75, 3.05) is 13.7 Å². The van der Waals surface area contributed by atoms with E-state index in [2.05, 4.69) is 4.74 Å². The summed E-state index contributed by atoms with van der Waals surface area (Å²) in [4.78, 5) is 20.9. The fourth-order valence-corrected chi connectivity index (χ4v) is 4.68. The van der Waals surface area contributed by atoms with Crippen molar-refractivity contribution in [2.24, 2.45) is 0 Å². The average molecular weight is 365 g/mol.